The first kappa shape index (κ1) is 20.6. The van der Waals surface area contributed by atoms with Crippen LogP contribution in [0, 0.1) is 20.8 Å². The molecule has 0 spiro atoms. The van der Waals surface area contributed by atoms with E-state index in [0.717, 1.165) is 33.6 Å². The SMILES string of the molecule is COc1cccc(-c2cc(C)c(OCc3c(C)cccc3N3NNNC3=O)nc2C)n1. The maximum atomic E-state index is 12.1. The number of ether oxygens (including phenoxy) is 2. The van der Waals surface area contributed by atoms with Crippen LogP contribution in [0.4, 0.5) is 10.5 Å². The maximum absolute atomic E-state index is 12.1. The van der Waals surface area contributed by atoms with Gasteiger partial charge in [-0.3, -0.25) is 5.43 Å². The molecule has 0 atom stereocenters. The van der Waals surface area contributed by atoms with E-state index in [1.165, 1.54) is 5.01 Å². The summed E-state index contributed by atoms with van der Waals surface area (Å²) in [5.41, 5.74) is 13.9. The summed E-state index contributed by atoms with van der Waals surface area (Å²) in [4.78, 5) is 21.2. The van der Waals surface area contributed by atoms with Gasteiger partial charge in [0.2, 0.25) is 11.8 Å². The van der Waals surface area contributed by atoms with Crippen LogP contribution < -0.4 is 31.0 Å². The van der Waals surface area contributed by atoms with E-state index < -0.39 is 0 Å². The lowest BCUT2D eigenvalue weighted by Crippen LogP contribution is -2.38. The van der Waals surface area contributed by atoms with Gasteiger partial charge in [-0.15, -0.1) is 11.1 Å². The fourth-order valence-corrected chi connectivity index (χ4v) is 3.41. The lowest BCUT2D eigenvalue weighted by atomic mass is 10.1. The van der Waals surface area contributed by atoms with Gasteiger partial charge in [-0.25, -0.2) is 19.8 Å². The highest BCUT2D eigenvalue weighted by Crippen LogP contribution is 2.29. The predicted molar refractivity (Wildman–Crippen MR) is 116 cm³/mol. The molecule has 31 heavy (non-hydrogen) atoms. The monoisotopic (exact) mass is 420 g/mol. The predicted octanol–water partition coefficient (Wildman–Crippen LogP) is 3.11. The lowest BCUT2D eigenvalue weighted by Gasteiger charge is -2.20. The molecule has 0 aliphatic carbocycles. The van der Waals surface area contributed by atoms with E-state index in [1.807, 2.05) is 57.2 Å². The molecule has 1 saturated heterocycles. The Balaban J connectivity index is 1.60. The van der Waals surface area contributed by atoms with E-state index >= 15 is 0 Å². The number of pyridine rings is 2. The van der Waals surface area contributed by atoms with Crippen molar-refractivity contribution < 1.29 is 14.3 Å². The van der Waals surface area contributed by atoms with Crippen LogP contribution in [0.5, 0.6) is 11.8 Å². The van der Waals surface area contributed by atoms with Crippen LogP contribution in [0.25, 0.3) is 11.3 Å². The third-order valence-electron chi connectivity index (χ3n) is 5.09. The van der Waals surface area contributed by atoms with Crippen molar-refractivity contribution in [1.82, 2.24) is 26.5 Å². The number of aryl methyl sites for hydroxylation is 3. The van der Waals surface area contributed by atoms with Gasteiger partial charge in [0.1, 0.15) is 6.61 Å². The second-order valence-electron chi connectivity index (χ2n) is 7.17. The normalized spacial score (nSPS) is 13.3. The molecule has 0 radical (unpaired) electrons. The molecule has 3 heterocycles. The molecular weight excluding hydrogens is 396 g/mol. The topological polar surface area (TPSA) is 101 Å². The number of hydrogen-bond acceptors (Lipinski definition) is 7. The standard InChI is InChI=1S/C22H24N6O3/c1-13-7-5-9-19(28-22(29)25-26-27-28)17(13)12-31-21-14(2)11-16(15(3)23-21)18-8-6-10-20(24-18)30-4/h5-11,26-27H,12H2,1-4H3,(H,25,29). The van der Waals surface area contributed by atoms with Crippen LogP contribution in [-0.4, -0.2) is 23.1 Å². The minimum Gasteiger partial charge on any atom is -0.481 e. The van der Waals surface area contributed by atoms with E-state index in [0.29, 0.717) is 17.4 Å². The molecule has 1 aliphatic heterocycles. The Morgan fingerprint density at radius 3 is 2.58 bits per heavy atom. The number of amides is 2. The number of hydrogen-bond donors (Lipinski definition) is 3. The van der Waals surface area contributed by atoms with Crippen molar-refractivity contribution in [2.24, 2.45) is 0 Å². The molecule has 4 rings (SSSR count). The van der Waals surface area contributed by atoms with Crippen molar-refractivity contribution in [3.63, 3.8) is 0 Å². The Labute approximate surface area is 180 Å². The first-order chi connectivity index (χ1) is 15.0. The molecule has 2 amide bonds. The number of nitrogens with one attached hydrogen (secondary N) is 3. The molecule has 1 fully saturated rings. The number of urea groups is 1. The summed E-state index contributed by atoms with van der Waals surface area (Å²) < 4.78 is 11.3. The fourth-order valence-electron chi connectivity index (χ4n) is 3.41. The van der Waals surface area contributed by atoms with Crippen LogP contribution in [-0.2, 0) is 6.61 Å². The zero-order valence-corrected chi connectivity index (χ0v) is 17.8. The van der Waals surface area contributed by atoms with E-state index in [2.05, 4.69) is 26.5 Å². The van der Waals surface area contributed by atoms with Crippen molar-refractivity contribution in [3.8, 4) is 23.0 Å². The first-order valence-corrected chi connectivity index (χ1v) is 9.79. The number of nitrogens with zero attached hydrogens (tertiary/aromatic N) is 3. The molecule has 3 aromatic rings. The van der Waals surface area contributed by atoms with Gasteiger partial charge in [0.25, 0.3) is 0 Å². The largest absolute Gasteiger partial charge is 0.481 e. The number of aromatic nitrogens is 2. The Morgan fingerprint density at radius 1 is 1.03 bits per heavy atom. The molecule has 0 saturated carbocycles. The number of anilines is 1. The minimum atomic E-state index is -0.299. The molecule has 160 valence electrons. The quantitative estimate of drug-likeness (QED) is 0.563. The van der Waals surface area contributed by atoms with Crippen LogP contribution in [0.1, 0.15) is 22.4 Å². The van der Waals surface area contributed by atoms with E-state index in [9.17, 15) is 4.79 Å². The van der Waals surface area contributed by atoms with Crippen molar-refractivity contribution in [2.45, 2.75) is 27.4 Å². The van der Waals surface area contributed by atoms with E-state index in [4.69, 9.17) is 9.47 Å². The molecule has 1 aromatic carbocycles. The summed E-state index contributed by atoms with van der Waals surface area (Å²) in [6.45, 7) is 6.11. The Bertz CT molecular complexity index is 1130. The number of hydrazine groups is 3. The van der Waals surface area contributed by atoms with Crippen molar-refractivity contribution in [2.75, 3.05) is 12.1 Å². The molecule has 9 nitrogen and oxygen atoms in total. The van der Waals surface area contributed by atoms with Crippen LogP contribution in [0.3, 0.4) is 0 Å². The van der Waals surface area contributed by atoms with Crippen LogP contribution >= 0.6 is 0 Å². The van der Waals surface area contributed by atoms with Crippen molar-refractivity contribution in [1.29, 1.82) is 0 Å². The molecule has 2 aromatic heterocycles. The highest BCUT2D eigenvalue weighted by Gasteiger charge is 2.24. The summed E-state index contributed by atoms with van der Waals surface area (Å²) in [6, 6.07) is 13.1. The van der Waals surface area contributed by atoms with Gasteiger partial charge in [0.15, 0.2) is 0 Å². The van der Waals surface area contributed by atoms with Gasteiger partial charge < -0.3 is 9.47 Å². The van der Waals surface area contributed by atoms with Crippen molar-refractivity contribution in [3.05, 3.63) is 64.8 Å². The Hall–Kier alpha value is -3.69. The molecular formula is C22H24N6O3. The number of methoxy groups -OCH3 is 1. The average molecular weight is 420 g/mol. The van der Waals surface area contributed by atoms with Gasteiger partial charge in [0, 0.05) is 22.8 Å². The Kier molecular flexibility index (Phi) is 5.70. The lowest BCUT2D eigenvalue weighted by molar-refractivity contribution is 0.250. The summed E-state index contributed by atoms with van der Waals surface area (Å²) in [7, 11) is 1.59. The zero-order valence-electron chi connectivity index (χ0n) is 17.8. The van der Waals surface area contributed by atoms with Crippen LogP contribution in [0.15, 0.2) is 42.5 Å². The summed E-state index contributed by atoms with van der Waals surface area (Å²) in [6.07, 6.45) is 0. The minimum absolute atomic E-state index is 0.261. The fraction of sp³-hybridized carbons (Fsp3) is 0.227. The third kappa shape index (κ3) is 4.14. The second-order valence-corrected chi connectivity index (χ2v) is 7.17. The molecule has 0 unspecified atom stereocenters. The zero-order chi connectivity index (χ0) is 22.0. The smallest absolute Gasteiger partial charge is 0.353 e. The van der Waals surface area contributed by atoms with Gasteiger partial charge >= 0.3 is 6.03 Å². The van der Waals surface area contributed by atoms with Crippen LogP contribution in [0.2, 0.25) is 0 Å². The second kappa shape index (κ2) is 8.58. The molecule has 1 aliphatic rings. The molecule has 3 N–H and O–H groups in total. The number of carbonyl (C=O) groups is 1. The maximum Gasteiger partial charge on any atom is 0.353 e. The van der Waals surface area contributed by atoms with Gasteiger partial charge in [-0.2, -0.15) is 0 Å². The van der Waals surface area contributed by atoms with E-state index in [1.54, 1.807) is 13.2 Å². The highest BCUT2D eigenvalue weighted by molar-refractivity contribution is 5.93. The van der Waals surface area contributed by atoms with Gasteiger partial charge in [-0.1, -0.05) is 18.2 Å². The number of rotatable bonds is 6. The summed E-state index contributed by atoms with van der Waals surface area (Å²) in [5.74, 6) is 1.09. The third-order valence-corrected chi connectivity index (χ3v) is 5.09. The highest BCUT2D eigenvalue weighted by atomic mass is 16.5. The average Bonchev–Trinajstić information content (AvgIpc) is 3.20. The van der Waals surface area contributed by atoms with Crippen molar-refractivity contribution >= 4 is 11.7 Å². The molecule has 0 bridgehead atoms. The van der Waals surface area contributed by atoms with Gasteiger partial charge in [-0.05, 0) is 44.5 Å². The number of carbonyl (C=O) groups excluding carboxylic acids is 1. The molecule has 9 heteroatoms. The first-order valence-electron chi connectivity index (χ1n) is 9.79. The number of benzene rings is 1. The summed E-state index contributed by atoms with van der Waals surface area (Å²) >= 11 is 0. The Morgan fingerprint density at radius 2 is 1.84 bits per heavy atom. The van der Waals surface area contributed by atoms with Gasteiger partial charge in [0.05, 0.1) is 24.2 Å². The summed E-state index contributed by atoms with van der Waals surface area (Å²) in [5, 5.41) is 1.40. The van der Waals surface area contributed by atoms with E-state index in [-0.39, 0.29) is 12.6 Å².